The monoisotopic (exact) mass is 326 g/mol. The minimum atomic E-state index is 0.0416. The van der Waals surface area contributed by atoms with E-state index in [1.54, 1.807) is 23.9 Å². The van der Waals surface area contributed by atoms with E-state index < -0.39 is 0 Å². The number of Topliss-reactive ketones (excluding diaryl/α,β-unsaturated/α-hetero) is 1. The molecule has 116 valence electrons. The van der Waals surface area contributed by atoms with Crippen LogP contribution in [0.5, 0.6) is 5.75 Å². The zero-order valence-electron chi connectivity index (χ0n) is 12.4. The number of carbonyl (C=O) groups is 1. The van der Waals surface area contributed by atoms with Crippen LogP contribution in [-0.2, 0) is 0 Å². The summed E-state index contributed by atoms with van der Waals surface area (Å²) >= 11 is 1.31. The molecule has 1 heterocycles. The van der Waals surface area contributed by atoms with Gasteiger partial charge in [0, 0.05) is 5.56 Å². The second kappa shape index (κ2) is 7.06. The lowest BCUT2D eigenvalue weighted by molar-refractivity contribution is 0.102. The highest BCUT2D eigenvalue weighted by Gasteiger charge is 2.12. The molecule has 2 aromatic carbocycles. The molecular weight excluding hydrogens is 312 g/mol. The van der Waals surface area contributed by atoms with Crippen molar-refractivity contribution in [3.8, 4) is 11.4 Å². The number of hydrogen-bond acceptors (Lipinski definition) is 6. The summed E-state index contributed by atoms with van der Waals surface area (Å²) in [6, 6.07) is 16.6. The average Bonchev–Trinajstić information content (AvgIpc) is 3.09. The molecule has 0 spiro atoms. The van der Waals surface area contributed by atoms with Gasteiger partial charge >= 0.3 is 0 Å². The number of ether oxygens (including phenoxy) is 1. The first-order chi connectivity index (χ1) is 11.3. The summed E-state index contributed by atoms with van der Waals surface area (Å²) < 4.78 is 6.73. The number of thioether (sulfide) groups is 1. The fourth-order valence-corrected chi connectivity index (χ4v) is 2.78. The molecule has 0 aliphatic carbocycles. The molecule has 0 atom stereocenters. The highest BCUT2D eigenvalue weighted by atomic mass is 32.2. The molecule has 7 heteroatoms. The lowest BCUT2D eigenvalue weighted by Gasteiger charge is -2.05. The van der Waals surface area contributed by atoms with E-state index in [1.807, 2.05) is 42.5 Å². The van der Waals surface area contributed by atoms with E-state index in [4.69, 9.17) is 4.74 Å². The van der Waals surface area contributed by atoms with E-state index in [9.17, 15) is 4.79 Å². The highest BCUT2D eigenvalue weighted by molar-refractivity contribution is 7.99. The Kier molecular flexibility index (Phi) is 4.68. The van der Waals surface area contributed by atoms with E-state index in [-0.39, 0.29) is 11.5 Å². The summed E-state index contributed by atoms with van der Waals surface area (Å²) in [6.45, 7) is 0. The van der Waals surface area contributed by atoms with Crippen molar-refractivity contribution in [3.05, 3.63) is 60.2 Å². The van der Waals surface area contributed by atoms with E-state index in [1.165, 1.54) is 11.8 Å². The van der Waals surface area contributed by atoms with Crippen molar-refractivity contribution in [1.29, 1.82) is 0 Å². The second-order valence-corrected chi connectivity index (χ2v) is 5.59. The number of ketones is 1. The third kappa shape index (κ3) is 3.57. The summed E-state index contributed by atoms with van der Waals surface area (Å²) in [7, 11) is 1.61. The van der Waals surface area contributed by atoms with Crippen molar-refractivity contribution in [2.45, 2.75) is 5.16 Å². The zero-order chi connectivity index (χ0) is 16.1. The fourth-order valence-electron chi connectivity index (χ4n) is 1.99. The van der Waals surface area contributed by atoms with Crippen LogP contribution >= 0.6 is 11.8 Å². The lowest BCUT2D eigenvalue weighted by Crippen LogP contribution is -2.04. The van der Waals surface area contributed by atoms with Crippen LogP contribution in [0.1, 0.15) is 10.4 Å². The molecule has 0 radical (unpaired) electrons. The first kappa shape index (κ1) is 15.2. The van der Waals surface area contributed by atoms with E-state index in [0.717, 1.165) is 11.4 Å². The summed E-state index contributed by atoms with van der Waals surface area (Å²) in [4.78, 5) is 12.2. The summed E-state index contributed by atoms with van der Waals surface area (Å²) in [5, 5.41) is 12.2. The van der Waals surface area contributed by atoms with Gasteiger partial charge in [0.2, 0.25) is 5.16 Å². The zero-order valence-corrected chi connectivity index (χ0v) is 13.2. The minimum absolute atomic E-state index is 0.0416. The van der Waals surface area contributed by atoms with Gasteiger partial charge in [0.1, 0.15) is 5.75 Å². The van der Waals surface area contributed by atoms with Gasteiger partial charge in [0.05, 0.1) is 18.6 Å². The second-order valence-electron chi connectivity index (χ2n) is 4.65. The van der Waals surface area contributed by atoms with Crippen molar-refractivity contribution >= 4 is 17.5 Å². The smallest absolute Gasteiger partial charge is 0.214 e. The first-order valence-electron chi connectivity index (χ1n) is 6.92. The van der Waals surface area contributed by atoms with Crippen molar-refractivity contribution < 1.29 is 9.53 Å². The van der Waals surface area contributed by atoms with Gasteiger partial charge in [0.15, 0.2) is 5.78 Å². The maximum atomic E-state index is 12.2. The van der Waals surface area contributed by atoms with Gasteiger partial charge in [-0.15, -0.1) is 5.10 Å². The maximum Gasteiger partial charge on any atom is 0.214 e. The van der Waals surface area contributed by atoms with E-state index in [2.05, 4.69) is 15.5 Å². The number of aromatic nitrogens is 4. The topological polar surface area (TPSA) is 69.9 Å². The van der Waals surface area contributed by atoms with Crippen LogP contribution in [0.4, 0.5) is 0 Å². The molecule has 0 aliphatic heterocycles. The molecule has 3 rings (SSSR count). The Labute approximate surface area is 137 Å². The van der Waals surface area contributed by atoms with Gasteiger partial charge in [-0.1, -0.05) is 42.1 Å². The van der Waals surface area contributed by atoms with E-state index >= 15 is 0 Å². The predicted molar refractivity (Wildman–Crippen MR) is 87.2 cm³/mol. The quantitative estimate of drug-likeness (QED) is 0.512. The third-order valence-electron chi connectivity index (χ3n) is 3.19. The molecule has 0 amide bonds. The molecule has 1 aromatic heterocycles. The molecule has 3 aromatic rings. The number of carbonyl (C=O) groups excluding carboxylic acids is 1. The van der Waals surface area contributed by atoms with Gasteiger partial charge in [0.25, 0.3) is 0 Å². The molecule has 0 saturated carbocycles. The molecular formula is C16H14N4O2S. The minimum Gasteiger partial charge on any atom is -0.497 e. The van der Waals surface area contributed by atoms with Crippen molar-refractivity contribution in [3.63, 3.8) is 0 Å². The number of rotatable bonds is 6. The van der Waals surface area contributed by atoms with Crippen LogP contribution in [0.3, 0.4) is 0 Å². The Bertz CT molecular complexity index is 787. The highest BCUT2D eigenvalue weighted by Crippen LogP contribution is 2.21. The Morgan fingerprint density at radius 1 is 1.13 bits per heavy atom. The normalized spacial score (nSPS) is 10.5. The first-order valence-corrected chi connectivity index (χ1v) is 7.90. The average molecular weight is 326 g/mol. The van der Waals surface area contributed by atoms with Crippen LogP contribution in [0.2, 0.25) is 0 Å². The van der Waals surface area contributed by atoms with Gasteiger partial charge in [-0.3, -0.25) is 4.79 Å². The van der Waals surface area contributed by atoms with Crippen LogP contribution in [-0.4, -0.2) is 38.9 Å². The van der Waals surface area contributed by atoms with Gasteiger partial charge < -0.3 is 4.74 Å². The molecule has 0 bridgehead atoms. The molecule has 0 saturated heterocycles. The van der Waals surface area contributed by atoms with Crippen LogP contribution in [0.15, 0.2) is 59.8 Å². The summed E-state index contributed by atoms with van der Waals surface area (Å²) in [6.07, 6.45) is 0. The van der Waals surface area contributed by atoms with Crippen molar-refractivity contribution in [1.82, 2.24) is 20.2 Å². The van der Waals surface area contributed by atoms with Crippen molar-refractivity contribution in [2.24, 2.45) is 0 Å². The molecule has 0 N–H and O–H groups in total. The van der Waals surface area contributed by atoms with Crippen molar-refractivity contribution in [2.75, 3.05) is 12.9 Å². The Balaban J connectivity index is 1.72. The number of methoxy groups -OCH3 is 1. The predicted octanol–water partition coefficient (Wildman–Crippen LogP) is 2.65. The Morgan fingerprint density at radius 3 is 2.57 bits per heavy atom. The van der Waals surface area contributed by atoms with Gasteiger partial charge in [-0.2, -0.15) is 4.68 Å². The number of benzene rings is 2. The fraction of sp³-hybridized carbons (Fsp3) is 0.125. The number of tetrazole rings is 1. The van der Waals surface area contributed by atoms with Crippen LogP contribution < -0.4 is 4.74 Å². The van der Waals surface area contributed by atoms with Gasteiger partial charge in [-0.25, -0.2) is 0 Å². The molecule has 0 aliphatic rings. The largest absolute Gasteiger partial charge is 0.497 e. The van der Waals surface area contributed by atoms with Crippen LogP contribution in [0.25, 0.3) is 5.69 Å². The van der Waals surface area contributed by atoms with Gasteiger partial charge in [-0.05, 0) is 34.7 Å². The molecule has 23 heavy (non-hydrogen) atoms. The molecule has 0 unspecified atom stereocenters. The summed E-state index contributed by atoms with van der Waals surface area (Å²) in [5.41, 5.74) is 1.49. The standard InChI is InChI=1S/C16H14N4O2S/c1-22-14-9-7-13(8-10-14)20-16(17-18-19-20)23-11-15(21)12-5-3-2-4-6-12/h2-10H,11H2,1H3. The Morgan fingerprint density at radius 2 is 1.87 bits per heavy atom. The molecule has 6 nitrogen and oxygen atoms in total. The number of nitrogens with zero attached hydrogens (tertiary/aromatic N) is 4. The maximum absolute atomic E-state index is 12.2. The van der Waals surface area contributed by atoms with Crippen LogP contribution in [0, 0.1) is 0 Å². The third-order valence-corrected chi connectivity index (χ3v) is 4.11. The lowest BCUT2D eigenvalue weighted by atomic mass is 10.2. The SMILES string of the molecule is COc1ccc(-n2nnnc2SCC(=O)c2ccccc2)cc1. The number of hydrogen-bond donors (Lipinski definition) is 0. The summed E-state index contributed by atoms with van der Waals surface area (Å²) in [5.74, 6) is 1.08. The van der Waals surface area contributed by atoms with E-state index in [0.29, 0.717) is 10.7 Å². The molecule has 0 fully saturated rings. The Hall–Kier alpha value is -2.67.